The molecule has 0 aliphatic heterocycles. The van der Waals surface area contributed by atoms with E-state index < -0.39 is 0 Å². The third kappa shape index (κ3) is 2.47. The minimum Gasteiger partial charge on any atom is -0.504 e. The maximum Gasteiger partial charge on any atom is 0.161 e. The van der Waals surface area contributed by atoms with E-state index in [0.717, 1.165) is 5.56 Å². The fraction of sp³-hybridized carbons (Fsp3) is 0.0833. The number of nitrogens with zero attached hydrogens (tertiary/aromatic N) is 1. The van der Waals surface area contributed by atoms with Crippen molar-refractivity contribution in [3.8, 4) is 11.5 Å². The van der Waals surface area contributed by atoms with Crippen LogP contribution in [0.2, 0.25) is 0 Å². The van der Waals surface area contributed by atoms with Gasteiger partial charge in [-0.2, -0.15) is 0 Å². The SMILES string of the molecule is Oc1ccccc1OCc1cccnc1. The third-order valence-corrected chi connectivity index (χ3v) is 1.98. The van der Waals surface area contributed by atoms with Crippen LogP contribution in [0.3, 0.4) is 0 Å². The van der Waals surface area contributed by atoms with E-state index in [-0.39, 0.29) is 5.75 Å². The Bertz CT molecular complexity index is 429. The zero-order valence-electron chi connectivity index (χ0n) is 8.13. The first-order chi connectivity index (χ1) is 7.36. The summed E-state index contributed by atoms with van der Waals surface area (Å²) in [5.74, 6) is 0.641. The number of benzene rings is 1. The first-order valence-corrected chi connectivity index (χ1v) is 4.66. The van der Waals surface area contributed by atoms with Crippen LogP contribution in [0.25, 0.3) is 0 Å². The Kier molecular flexibility index (Phi) is 2.83. The van der Waals surface area contributed by atoms with Gasteiger partial charge >= 0.3 is 0 Å². The lowest BCUT2D eigenvalue weighted by Crippen LogP contribution is -1.95. The van der Waals surface area contributed by atoms with Gasteiger partial charge in [0.15, 0.2) is 11.5 Å². The summed E-state index contributed by atoms with van der Waals surface area (Å²) in [7, 11) is 0. The number of aromatic hydroxyl groups is 1. The van der Waals surface area contributed by atoms with Crippen LogP contribution in [-0.2, 0) is 6.61 Å². The molecule has 1 N–H and O–H groups in total. The molecule has 1 heterocycles. The highest BCUT2D eigenvalue weighted by molar-refractivity contribution is 5.38. The van der Waals surface area contributed by atoms with Gasteiger partial charge < -0.3 is 9.84 Å². The van der Waals surface area contributed by atoms with Crippen LogP contribution in [0.15, 0.2) is 48.8 Å². The van der Waals surface area contributed by atoms with Crippen LogP contribution in [-0.4, -0.2) is 10.1 Å². The maximum absolute atomic E-state index is 9.45. The molecule has 0 saturated carbocycles. The second-order valence-corrected chi connectivity index (χ2v) is 3.12. The number of para-hydroxylation sites is 2. The fourth-order valence-corrected chi connectivity index (χ4v) is 1.22. The minimum atomic E-state index is 0.154. The highest BCUT2D eigenvalue weighted by Gasteiger charge is 2.00. The number of hydrogen-bond acceptors (Lipinski definition) is 3. The summed E-state index contributed by atoms with van der Waals surface area (Å²) in [6.07, 6.45) is 3.45. The monoisotopic (exact) mass is 201 g/mol. The van der Waals surface area contributed by atoms with E-state index in [0.29, 0.717) is 12.4 Å². The van der Waals surface area contributed by atoms with E-state index in [4.69, 9.17) is 4.74 Å². The molecule has 0 bridgehead atoms. The van der Waals surface area contributed by atoms with Crippen molar-refractivity contribution in [1.82, 2.24) is 4.98 Å². The highest BCUT2D eigenvalue weighted by Crippen LogP contribution is 2.24. The molecule has 0 amide bonds. The summed E-state index contributed by atoms with van der Waals surface area (Å²) < 4.78 is 5.43. The summed E-state index contributed by atoms with van der Waals surface area (Å²) in [4.78, 5) is 3.98. The number of phenolic OH excluding ortho intramolecular Hbond substituents is 1. The molecule has 2 rings (SSSR count). The molecule has 76 valence electrons. The molecule has 0 radical (unpaired) electrons. The van der Waals surface area contributed by atoms with Gasteiger partial charge in [-0.1, -0.05) is 18.2 Å². The van der Waals surface area contributed by atoms with Crippen LogP contribution in [0.4, 0.5) is 0 Å². The Labute approximate surface area is 88.0 Å². The van der Waals surface area contributed by atoms with Crippen molar-refractivity contribution in [2.45, 2.75) is 6.61 Å². The molecule has 1 aromatic carbocycles. The zero-order valence-corrected chi connectivity index (χ0v) is 8.13. The Morgan fingerprint density at radius 2 is 2.00 bits per heavy atom. The van der Waals surface area contributed by atoms with E-state index in [1.807, 2.05) is 18.2 Å². The molecular formula is C12H11NO2. The van der Waals surface area contributed by atoms with Crippen molar-refractivity contribution in [3.05, 3.63) is 54.4 Å². The van der Waals surface area contributed by atoms with E-state index in [1.54, 1.807) is 30.6 Å². The molecule has 0 spiro atoms. The minimum absolute atomic E-state index is 0.154. The molecule has 1 aromatic heterocycles. The van der Waals surface area contributed by atoms with Crippen molar-refractivity contribution in [1.29, 1.82) is 0 Å². The molecule has 3 heteroatoms. The Morgan fingerprint density at radius 3 is 2.73 bits per heavy atom. The maximum atomic E-state index is 9.45. The molecular weight excluding hydrogens is 190 g/mol. The van der Waals surface area contributed by atoms with Crippen molar-refractivity contribution in [3.63, 3.8) is 0 Å². The average Bonchev–Trinajstić information content (AvgIpc) is 2.29. The van der Waals surface area contributed by atoms with E-state index in [2.05, 4.69) is 4.98 Å². The van der Waals surface area contributed by atoms with Gasteiger partial charge in [-0.05, 0) is 18.2 Å². The summed E-state index contributed by atoms with van der Waals surface area (Å²) in [6.45, 7) is 0.408. The van der Waals surface area contributed by atoms with Crippen LogP contribution < -0.4 is 4.74 Å². The van der Waals surface area contributed by atoms with Crippen molar-refractivity contribution in [2.75, 3.05) is 0 Å². The number of phenols is 1. The Hall–Kier alpha value is -2.03. The van der Waals surface area contributed by atoms with Crippen LogP contribution in [0.5, 0.6) is 11.5 Å². The fourth-order valence-electron chi connectivity index (χ4n) is 1.22. The molecule has 3 nitrogen and oxygen atoms in total. The molecule has 0 fully saturated rings. The molecule has 15 heavy (non-hydrogen) atoms. The van der Waals surface area contributed by atoms with Gasteiger partial charge in [-0.3, -0.25) is 4.98 Å². The average molecular weight is 201 g/mol. The second-order valence-electron chi connectivity index (χ2n) is 3.12. The highest BCUT2D eigenvalue weighted by atomic mass is 16.5. The van der Waals surface area contributed by atoms with Gasteiger partial charge in [0.25, 0.3) is 0 Å². The van der Waals surface area contributed by atoms with E-state index in [9.17, 15) is 5.11 Å². The van der Waals surface area contributed by atoms with Gasteiger partial charge in [-0.15, -0.1) is 0 Å². The van der Waals surface area contributed by atoms with Gasteiger partial charge in [0.1, 0.15) is 6.61 Å². The van der Waals surface area contributed by atoms with Gasteiger partial charge in [0.2, 0.25) is 0 Å². The van der Waals surface area contributed by atoms with Crippen LogP contribution >= 0.6 is 0 Å². The largest absolute Gasteiger partial charge is 0.504 e. The first-order valence-electron chi connectivity index (χ1n) is 4.66. The predicted molar refractivity (Wildman–Crippen MR) is 56.7 cm³/mol. The Morgan fingerprint density at radius 1 is 1.13 bits per heavy atom. The normalized spacial score (nSPS) is 9.87. The molecule has 0 unspecified atom stereocenters. The lowest BCUT2D eigenvalue weighted by molar-refractivity contribution is 0.288. The molecule has 2 aromatic rings. The van der Waals surface area contributed by atoms with Gasteiger partial charge in [0, 0.05) is 18.0 Å². The first kappa shape index (κ1) is 9.52. The van der Waals surface area contributed by atoms with Gasteiger partial charge in [0.05, 0.1) is 0 Å². The summed E-state index contributed by atoms with van der Waals surface area (Å²) >= 11 is 0. The van der Waals surface area contributed by atoms with E-state index in [1.165, 1.54) is 0 Å². The number of ether oxygens (including phenoxy) is 1. The van der Waals surface area contributed by atoms with Gasteiger partial charge in [-0.25, -0.2) is 0 Å². The summed E-state index contributed by atoms with van der Waals surface area (Å²) in [5, 5.41) is 9.45. The third-order valence-electron chi connectivity index (χ3n) is 1.98. The standard InChI is InChI=1S/C12H11NO2/c14-11-5-1-2-6-12(11)15-9-10-4-3-7-13-8-10/h1-8,14H,9H2. The molecule has 0 atom stereocenters. The number of aromatic nitrogens is 1. The van der Waals surface area contributed by atoms with Crippen LogP contribution in [0.1, 0.15) is 5.56 Å². The number of pyridine rings is 1. The van der Waals surface area contributed by atoms with Crippen molar-refractivity contribution >= 4 is 0 Å². The lowest BCUT2D eigenvalue weighted by Gasteiger charge is -2.06. The molecule has 0 saturated heterocycles. The lowest BCUT2D eigenvalue weighted by atomic mass is 10.3. The molecule has 0 aliphatic carbocycles. The molecule has 0 aliphatic rings. The number of hydrogen-bond donors (Lipinski definition) is 1. The van der Waals surface area contributed by atoms with E-state index >= 15 is 0 Å². The summed E-state index contributed by atoms with van der Waals surface area (Å²) in [5.41, 5.74) is 0.973. The van der Waals surface area contributed by atoms with Crippen molar-refractivity contribution in [2.24, 2.45) is 0 Å². The Balaban J connectivity index is 2.03. The predicted octanol–water partition coefficient (Wildman–Crippen LogP) is 2.37. The topological polar surface area (TPSA) is 42.4 Å². The number of rotatable bonds is 3. The van der Waals surface area contributed by atoms with Crippen molar-refractivity contribution < 1.29 is 9.84 Å². The quantitative estimate of drug-likeness (QED) is 0.828. The second kappa shape index (κ2) is 4.46. The smallest absolute Gasteiger partial charge is 0.161 e. The zero-order chi connectivity index (χ0) is 10.5. The van der Waals surface area contributed by atoms with Crippen LogP contribution in [0, 0.1) is 0 Å². The summed E-state index contributed by atoms with van der Waals surface area (Å²) in [6, 6.07) is 10.7.